The van der Waals surface area contributed by atoms with Crippen molar-refractivity contribution in [3.63, 3.8) is 0 Å². The first kappa shape index (κ1) is 18.8. The maximum Gasteiger partial charge on any atom is 0.224 e. The van der Waals surface area contributed by atoms with Crippen molar-refractivity contribution in [3.8, 4) is 11.5 Å². The lowest BCUT2D eigenvalue weighted by Gasteiger charge is -2.16. The van der Waals surface area contributed by atoms with Crippen LogP contribution < -0.4 is 14.8 Å². The van der Waals surface area contributed by atoms with Gasteiger partial charge in [0.1, 0.15) is 12.4 Å². The summed E-state index contributed by atoms with van der Waals surface area (Å²) in [5.41, 5.74) is 3.39. The molecule has 0 aliphatic carbocycles. The van der Waals surface area contributed by atoms with E-state index in [9.17, 15) is 9.18 Å². The molecule has 0 aliphatic rings. The lowest BCUT2D eigenvalue weighted by atomic mass is 10.0. The Morgan fingerprint density at radius 3 is 2.52 bits per heavy atom. The van der Waals surface area contributed by atoms with E-state index in [-0.39, 0.29) is 24.7 Å². The number of halogens is 1. The molecule has 134 valence electrons. The van der Waals surface area contributed by atoms with Crippen molar-refractivity contribution in [3.05, 3.63) is 58.4 Å². The Kier molecular flexibility index (Phi) is 6.39. The fraction of sp³-hybridized carbons (Fsp3) is 0.350. The third-order valence-electron chi connectivity index (χ3n) is 4.08. The van der Waals surface area contributed by atoms with Gasteiger partial charge in [0.05, 0.1) is 13.0 Å². The van der Waals surface area contributed by atoms with Crippen LogP contribution in [0.15, 0.2) is 30.3 Å². The van der Waals surface area contributed by atoms with Crippen LogP contribution in [0.3, 0.4) is 0 Å². The summed E-state index contributed by atoms with van der Waals surface area (Å²) >= 11 is 0. The number of hydrogen-bond acceptors (Lipinski definition) is 3. The van der Waals surface area contributed by atoms with Gasteiger partial charge in [0.15, 0.2) is 11.6 Å². The molecule has 0 heterocycles. The number of likely N-dealkylation sites (N-methyl/N-ethyl adjacent to an activating group) is 1. The topological polar surface area (TPSA) is 47.6 Å². The first-order chi connectivity index (χ1) is 12.0. The Balaban J connectivity index is 2.30. The van der Waals surface area contributed by atoms with E-state index < -0.39 is 5.82 Å². The summed E-state index contributed by atoms with van der Waals surface area (Å²) in [5, 5.41) is 2.61. The summed E-state index contributed by atoms with van der Waals surface area (Å²) in [6.07, 6.45) is 0.214. The number of aryl methyl sites for hydroxylation is 2. The first-order valence-electron chi connectivity index (χ1n) is 8.30. The molecule has 1 amide bonds. The van der Waals surface area contributed by atoms with E-state index in [4.69, 9.17) is 9.47 Å². The van der Waals surface area contributed by atoms with Crippen molar-refractivity contribution in [2.24, 2.45) is 0 Å². The van der Waals surface area contributed by atoms with Crippen LogP contribution in [-0.4, -0.2) is 19.6 Å². The average Bonchev–Trinajstić information content (AvgIpc) is 2.58. The van der Waals surface area contributed by atoms with Gasteiger partial charge in [0.25, 0.3) is 0 Å². The largest absolute Gasteiger partial charge is 0.493 e. The van der Waals surface area contributed by atoms with Crippen molar-refractivity contribution in [2.75, 3.05) is 13.7 Å². The highest BCUT2D eigenvalue weighted by atomic mass is 19.1. The van der Waals surface area contributed by atoms with E-state index >= 15 is 0 Å². The normalized spacial score (nSPS) is 10.4. The van der Waals surface area contributed by atoms with Gasteiger partial charge in [-0.05, 0) is 55.7 Å². The van der Waals surface area contributed by atoms with Crippen LogP contribution in [0.2, 0.25) is 0 Å². The third kappa shape index (κ3) is 4.72. The van der Waals surface area contributed by atoms with Crippen molar-refractivity contribution >= 4 is 5.91 Å². The molecule has 4 nitrogen and oxygen atoms in total. The molecule has 0 aromatic heterocycles. The Bertz CT molecular complexity index is 759. The highest BCUT2D eigenvalue weighted by molar-refractivity contribution is 5.78. The molecule has 1 N–H and O–H groups in total. The second-order valence-corrected chi connectivity index (χ2v) is 5.83. The number of nitrogens with one attached hydrogen (secondary N) is 1. The number of amides is 1. The van der Waals surface area contributed by atoms with Gasteiger partial charge in [-0.3, -0.25) is 4.79 Å². The van der Waals surface area contributed by atoms with Gasteiger partial charge in [-0.15, -0.1) is 0 Å². The highest BCUT2D eigenvalue weighted by Crippen LogP contribution is 2.27. The monoisotopic (exact) mass is 345 g/mol. The van der Waals surface area contributed by atoms with Crippen LogP contribution in [0.5, 0.6) is 11.5 Å². The first-order valence-corrected chi connectivity index (χ1v) is 8.30. The fourth-order valence-electron chi connectivity index (χ4n) is 2.51. The van der Waals surface area contributed by atoms with E-state index in [1.165, 1.54) is 6.07 Å². The molecule has 25 heavy (non-hydrogen) atoms. The number of ether oxygens (including phenoxy) is 2. The Labute approximate surface area is 148 Å². The van der Waals surface area contributed by atoms with Crippen molar-refractivity contribution in [2.45, 2.75) is 33.8 Å². The number of benzene rings is 2. The van der Waals surface area contributed by atoms with Crippen LogP contribution in [-0.2, 0) is 17.8 Å². The smallest absolute Gasteiger partial charge is 0.224 e. The van der Waals surface area contributed by atoms with Gasteiger partial charge in [-0.25, -0.2) is 4.39 Å². The zero-order valence-corrected chi connectivity index (χ0v) is 15.1. The quantitative estimate of drug-likeness (QED) is 0.832. The second-order valence-electron chi connectivity index (χ2n) is 5.83. The maximum atomic E-state index is 14.1. The molecule has 0 unspecified atom stereocenters. The molecular formula is C20H24FNO3. The molecule has 2 aromatic rings. The van der Waals surface area contributed by atoms with E-state index in [1.54, 1.807) is 13.1 Å². The molecule has 0 fully saturated rings. The Hall–Kier alpha value is -2.56. The van der Waals surface area contributed by atoms with Crippen LogP contribution in [0.1, 0.15) is 29.2 Å². The summed E-state index contributed by atoms with van der Waals surface area (Å²) in [4.78, 5) is 11.8. The number of carbonyl (C=O) groups is 1. The number of hydrogen-bond donors (Lipinski definition) is 1. The van der Waals surface area contributed by atoms with Crippen LogP contribution in [0.4, 0.5) is 4.39 Å². The zero-order valence-electron chi connectivity index (χ0n) is 15.1. The van der Waals surface area contributed by atoms with Crippen molar-refractivity contribution in [1.82, 2.24) is 5.32 Å². The zero-order chi connectivity index (χ0) is 18.4. The minimum absolute atomic E-state index is 0.104. The van der Waals surface area contributed by atoms with E-state index in [1.807, 2.05) is 39.0 Å². The molecule has 0 saturated heterocycles. The van der Waals surface area contributed by atoms with Crippen LogP contribution in [0.25, 0.3) is 0 Å². The molecule has 0 spiro atoms. The number of rotatable bonds is 7. The van der Waals surface area contributed by atoms with Gasteiger partial charge in [-0.1, -0.05) is 12.1 Å². The Morgan fingerprint density at radius 1 is 1.12 bits per heavy atom. The van der Waals surface area contributed by atoms with Gasteiger partial charge < -0.3 is 14.8 Å². The van der Waals surface area contributed by atoms with Crippen molar-refractivity contribution in [1.29, 1.82) is 0 Å². The maximum absolute atomic E-state index is 14.1. The molecule has 0 radical (unpaired) electrons. The van der Waals surface area contributed by atoms with Gasteiger partial charge in [0, 0.05) is 12.6 Å². The summed E-state index contributed by atoms with van der Waals surface area (Å²) in [6, 6.07) is 8.67. The predicted molar refractivity (Wildman–Crippen MR) is 95.6 cm³/mol. The third-order valence-corrected chi connectivity index (χ3v) is 4.08. The summed E-state index contributed by atoms with van der Waals surface area (Å²) in [7, 11) is 1.59. The minimum Gasteiger partial charge on any atom is -0.493 e. The lowest BCUT2D eigenvalue weighted by Crippen LogP contribution is -2.21. The van der Waals surface area contributed by atoms with Crippen LogP contribution >= 0.6 is 0 Å². The SMILES string of the molecule is CCOc1cccc(CC(=O)NC)c1COc1cc(C)c(C)cc1F. The fourth-order valence-corrected chi connectivity index (χ4v) is 2.51. The number of carbonyl (C=O) groups excluding carboxylic acids is 1. The summed E-state index contributed by atoms with van der Waals surface area (Å²) < 4.78 is 25.5. The Morgan fingerprint density at radius 2 is 1.84 bits per heavy atom. The molecule has 0 bridgehead atoms. The molecule has 5 heteroatoms. The minimum atomic E-state index is -0.398. The van der Waals surface area contributed by atoms with Crippen molar-refractivity contribution < 1.29 is 18.7 Å². The molecular weight excluding hydrogens is 321 g/mol. The molecule has 0 saturated carbocycles. The molecule has 2 aromatic carbocycles. The van der Waals surface area contributed by atoms with Crippen LogP contribution in [0, 0.1) is 19.7 Å². The summed E-state index contributed by atoms with van der Waals surface area (Å²) in [5.74, 6) is 0.338. The summed E-state index contributed by atoms with van der Waals surface area (Å²) in [6.45, 7) is 6.27. The lowest BCUT2D eigenvalue weighted by molar-refractivity contribution is -0.119. The second kappa shape index (κ2) is 8.51. The predicted octanol–water partition coefficient (Wildman–Crippen LogP) is 3.71. The van der Waals surface area contributed by atoms with Gasteiger partial charge in [0.2, 0.25) is 5.91 Å². The van der Waals surface area contributed by atoms with Gasteiger partial charge in [-0.2, -0.15) is 0 Å². The average molecular weight is 345 g/mol. The van der Waals surface area contributed by atoms with E-state index in [2.05, 4.69) is 5.32 Å². The molecule has 2 rings (SSSR count). The molecule has 0 aliphatic heterocycles. The highest BCUT2D eigenvalue weighted by Gasteiger charge is 2.14. The standard InChI is InChI=1S/C20H24FNO3/c1-5-24-18-8-6-7-15(11-20(23)22-4)16(18)12-25-19-10-14(3)13(2)9-17(19)21/h6-10H,5,11-12H2,1-4H3,(H,22,23). The van der Waals surface area contributed by atoms with E-state index in [0.717, 1.165) is 22.3 Å². The van der Waals surface area contributed by atoms with E-state index in [0.29, 0.717) is 12.4 Å². The van der Waals surface area contributed by atoms with Gasteiger partial charge >= 0.3 is 0 Å². The molecule has 0 atom stereocenters.